The molecule has 0 atom stereocenters. The fourth-order valence-corrected chi connectivity index (χ4v) is 1.85. The Balaban J connectivity index is 2.61. The van der Waals surface area contributed by atoms with E-state index in [1.54, 1.807) is 30.0 Å². The average molecular weight is 269 g/mol. The summed E-state index contributed by atoms with van der Waals surface area (Å²) < 4.78 is 10.5. The Bertz CT molecular complexity index is 396. The Morgan fingerprint density at radius 2 is 2.17 bits per heavy atom. The van der Waals surface area contributed by atoms with E-state index < -0.39 is 0 Å². The normalized spacial score (nSPS) is 10.1. The first-order chi connectivity index (χ1) is 8.67. The molecule has 0 saturated carbocycles. The lowest BCUT2D eigenvalue weighted by molar-refractivity contribution is 0.0506. The first kappa shape index (κ1) is 14.7. The molecule has 0 spiro atoms. The number of thioether (sulfide) groups is 1. The fraction of sp³-hybridized carbons (Fsp3) is 0.462. The van der Waals surface area contributed by atoms with Crippen molar-refractivity contribution in [3.05, 3.63) is 23.8 Å². The van der Waals surface area contributed by atoms with Gasteiger partial charge in [0.15, 0.2) is 0 Å². The van der Waals surface area contributed by atoms with Crippen LogP contribution in [0.2, 0.25) is 0 Å². The summed E-state index contributed by atoms with van der Waals surface area (Å²) in [6.45, 7) is 2.84. The molecule has 0 heterocycles. The van der Waals surface area contributed by atoms with Gasteiger partial charge in [-0.3, -0.25) is 0 Å². The van der Waals surface area contributed by atoms with Gasteiger partial charge in [0.2, 0.25) is 0 Å². The maximum absolute atomic E-state index is 11.8. The van der Waals surface area contributed by atoms with Crippen LogP contribution in [0.15, 0.2) is 18.2 Å². The van der Waals surface area contributed by atoms with Crippen LogP contribution in [-0.4, -0.2) is 31.2 Å². The number of carbonyl (C=O) groups excluding carboxylic acids is 1. The predicted octanol–water partition coefficient (Wildman–Crippen LogP) is 2.58. The van der Waals surface area contributed by atoms with Gasteiger partial charge in [-0.05, 0) is 37.5 Å². The summed E-state index contributed by atoms with van der Waals surface area (Å²) >= 11 is 1.73. The molecular formula is C13H19NO3S. The third-order valence-electron chi connectivity index (χ3n) is 2.20. The SMILES string of the molecule is CCOc1cc(N)cc(C(=O)OCCCSC)c1. The van der Waals surface area contributed by atoms with Crippen molar-refractivity contribution in [1.29, 1.82) is 0 Å². The number of carbonyl (C=O) groups is 1. The second-order valence-electron chi connectivity index (χ2n) is 3.71. The van der Waals surface area contributed by atoms with E-state index in [0.29, 0.717) is 30.2 Å². The molecule has 0 aliphatic carbocycles. The number of anilines is 1. The van der Waals surface area contributed by atoms with E-state index >= 15 is 0 Å². The number of benzene rings is 1. The maximum Gasteiger partial charge on any atom is 0.338 e. The van der Waals surface area contributed by atoms with Gasteiger partial charge in [-0.1, -0.05) is 0 Å². The van der Waals surface area contributed by atoms with E-state index in [1.807, 2.05) is 13.2 Å². The van der Waals surface area contributed by atoms with Crippen LogP contribution in [0.25, 0.3) is 0 Å². The van der Waals surface area contributed by atoms with E-state index in [2.05, 4.69) is 0 Å². The highest BCUT2D eigenvalue weighted by molar-refractivity contribution is 7.98. The van der Waals surface area contributed by atoms with Gasteiger partial charge in [-0.25, -0.2) is 4.79 Å². The average Bonchev–Trinajstić information content (AvgIpc) is 2.34. The van der Waals surface area contributed by atoms with Gasteiger partial charge in [-0.15, -0.1) is 0 Å². The Morgan fingerprint density at radius 1 is 1.39 bits per heavy atom. The zero-order chi connectivity index (χ0) is 13.4. The van der Waals surface area contributed by atoms with Crippen molar-refractivity contribution in [2.45, 2.75) is 13.3 Å². The molecule has 4 nitrogen and oxygen atoms in total. The lowest BCUT2D eigenvalue weighted by Gasteiger charge is -2.08. The van der Waals surface area contributed by atoms with Crippen LogP contribution < -0.4 is 10.5 Å². The summed E-state index contributed by atoms with van der Waals surface area (Å²) in [4.78, 5) is 11.8. The minimum Gasteiger partial charge on any atom is -0.494 e. The standard InChI is InChI=1S/C13H19NO3S/c1-3-16-12-8-10(7-11(14)9-12)13(15)17-5-4-6-18-2/h7-9H,3-6,14H2,1-2H3. The third kappa shape index (κ3) is 4.87. The molecule has 5 heteroatoms. The van der Waals surface area contributed by atoms with Gasteiger partial charge in [-0.2, -0.15) is 11.8 Å². The Morgan fingerprint density at radius 3 is 2.83 bits per heavy atom. The molecule has 0 aliphatic rings. The van der Waals surface area contributed by atoms with Crippen molar-refractivity contribution >= 4 is 23.4 Å². The summed E-state index contributed by atoms with van der Waals surface area (Å²) in [6, 6.07) is 4.93. The van der Waals surface area contributed by atoms with Crippen LogP contribution in [0.1, 0.15) is 23.7 Å². The number of nitrogens with two attached hydrogens (primary N) is 1. The Hall–Kier alpha value is -1.36. The summed E-state index contributed by atoms with van der Waals surface area (Å²) in [5.74, 6) is 1.21. The number of hydrogen-bond acceptors (Lipinski definition) is 5. The maximum atomic E-state index is 11.8. The molecule has 0 aliphatic heterocycles. The van der Waals surface area contributed by atoms with Crippen LogP contribution in [0.5, 0.6) is 5.75 Å². The molecule has 0 aromatic heterocycles. The van der Waals surface area contributed by atoms with E-state index in [9.17, 15) is 4.79 Å². The van der Waals surface area contributed by atoms with Gasteiger partial charge in [0.05, 0.1) is 18.8 Å². The van der Waals surface area contributed by atoms with Crippen molar-refractivity contribution in [3.63, 3.8) is 0 Å². The van der Waals surface area contributed by atoms with E-state index in [0.717, 1.165) is 12.2 Å². The molecule has 1 rings (SSSR count). The number of hydrogen-bond donors (Lipinski definition) is 1. The molecular weight excluding hydrogens is 250 g/mol. The second-order valence-corrected chi connectivity index (χ2v) is 4.69. The monoisotopic (exact) mass is 269 g/mol. The molecule has 1 aromatic rings. The van der Waals surface area contributed by atoms with Gasteiger partial charge < -0.3 is 15.2 Å². The summed E-state index contributed by atoms with van der Waals surface area (Å²) in [5.41, 5.74) is 6.64. The Kier molecular flexibility index (Phi) is 6.43. The molecule has 2 N–H and O–H groups in total. The van der Waals surface area contributed by atoms with Gasteiger partial charge in [0.25, 0.3) is 0 Å². The highest BCUT2D eigenvalue weighted by atomic mass is 32.2. The van der Waals surface area contributed by atoms with Crippen LogP contribution >= 0.6 is 11.8 Å². The number of esters is 1. The van der Waals surface area contributed by atoms with Crippen molar-refractivity contribution < 1.29 is 14.3 Å². The lowest BCUT2D eigenvalue weighted by atomic mass is 10.2. The van der Waals surface area contributed by atoms with E-state index in [1.165, 1.54) is 0 Å². The highest BCUT2D eigenvalue weighted by Gasteiger charge is 2.09. The predicted molar refractivity (Wildman–Crippen MR) is 75.3 cm³/mol. The van der Waals surface area contributed by atoms with Crippen LogP contribution in [-0.2, 0) is 4.74 Å². The Labute approximate surface area is 112 Å². The largest absolute Gasteiger partial charge is 0.494 e. The zero-order valence-corrected chi connectivity index (χ0v) is 11.6. The van der Waals surface area contributed by atoms with Gasteiger partial charge in [0, 0.05) is 11.8 Å². The minimum absolute atomic E-state index is 0.357. The van der Waals surface area contributed by atoms with Gasteiger partial charge >= 0.3 is 5.97 Å². The molecule has 0 radical (unpaired) electrons. The molecule has 18 heavy (non-hydrogen) atoms. The zero-order valence-electron chi connectivity index (χ0n) is 10.8. The topological polar surface area (TPSA) is 61.5 Å². The van der Waals surface area contributed by atoms with Crippen molar-refractivity contribution in [3.8, 4) is 5.75 Å². The molecule has 0 fully saturated rings. The van der Waals surface area contributed by atoms with Crippen LogP contribution in [0.3, 0.4) is 0 Å². The molecule has 0 bridgehead atoms. The highest BCUT2D eigenvalue weighted by Crippen LogP contribution is 2.19. The van der Waals surface area contributed by atoms with Crippen LogP contribution in [0.4, 0.5) is 5.69 Å². The second kappa shape index (κ2) is 7.87. The fourth-order valence-electron chi connectivity index (χ4n) is 1.44. The summed E-state index contributed by atoms with van der Waals surface area (Å²) in [5, 5.41) is 0. The summed E-state index contributed by atoms with van der Waals surface area (Å²) in [6.07, 6.45) is 2.88. The van der Waals surface area contributed by atoms with E-state index in [4.69, 9.17) is 15.2 Å². The van der Waals surface area contributed by atoms with Crippen molar-refractivity contribution in [2.75, 3.05) is 31.0 Å². The first-order valence-corrected chi connectivity index (χ1v) is 7.26. The molecule has 0 saturated heterocycles. The molecule has 1 aromatic carbocycles. The van der Waals surface area contributed by atoms with Gasteiger partial charge in [0.1, 0.15) is 5.75 Å². The minimum atomic E-state index is -0.357. The third-order valence-corrected chi connectivity index (χ3v) is 2.90. The number of rotatable bonds is 7. The van der Waals surface area contributed by atoms with Crippen LogP contribution in [0, 0.1) is 0 Å². The molecule has 0 unspecified atom stereocenters. The lowest BCUT2D eigenvalue weighted by Crippen LogP contribution is -2.08. The van der Waals surface area contributed by atoms with Crippen molar-refractivity contribution in [1.82, 2.24) is 0 Å². The molecule has 100 valence electrons. The number of nitrogen functional groups attached to an aromatic ring is 1. The quantitative estimate of drug-likeness (QED) is 0.468. The smallest absolute Gasteiger partial charge is 0.338 e. The number of ether oxygens (including phenoxy) is 2. The molecule has 0 amide bonds. The van der Waals surface area contributed by atoms with E-state index in [-0.39, 0.29) is 5.97 Å². The summed E-state index contributed by atoms with van der Waals surface area (Å²) in [7, 11) is 0. The van der Waals surface area contributed by atoms with Crippen molar-refractivity contribution in [2.24, 2.45) is 0 Å². The first-order valence-electron chi connectivity index (χ1n) is 5.86.